The van der Waals surface area contributed by atoms with Gasteiger partial charge in [0, 0.05) is 6.08 Å². The Balaban J connectivity index is 1.75. The van der Waals surface area contributed by atoms with Crippen molar-refractivity contribution < 1.29 is 14.3 Å². The van der Waals surface area contributed by atoms with E-state index in [-0.39, 0.29) is 5.90 Å². The fourth-order valence-electron chi connectivity index (χ4n) is 2.09. The maximum atomic E-state index is 11.8. The predicted octanol–water partition coefficient (Wildman–Crippen LogP) is 3.70. The first-order valence-corrected chi connectivity index (χ1v) is 7.14. The molecule has 0 fully saturated rings. The molecular formula is C19H15NO3. The summed E-state index contributed by atoms with van der Waals surface area (Å²) in [5.74, 6) is 0.635. The molecule has 0 saturated carbocycles. The molecule has 0 radical (unpaired) electrons. The molecule has 1 heterocycles. The second-order valence-corrected chi connectivity index (χ2v) is 4.89. The summed E-state index contributed by atoms with van der Waals surface area (Å²) < 4.78 is 10.3. The maximum Gasteiger partial charge on any atom is 0.363 e. The van der Waals surface area contributed by atoms with Crippen molar-refractivity contribution in [2.45, 2.75) is 0 Å². The normalized spacial score (nSPS) is 15.8. The molecule has 1 aliphatic heterocycles. The third-order valence-electron chi connectivity index (χ3n) is 3.27. The Kier molecular flexibility index (Phi) is 4.34. The molecule has 3 rings (SSSR count). The summed E-state index contributed by atoms with van der Waals surface area (Å²) in [5.41, 5.74) is 2.17. The summed E-state index contributed by atoms with van der Waals surface area (Å²) in [5, 5.41) is 0. The lowest BCUT2D eigenvalue weighted by molar-refractivity contribution is -0.129. The highest BCUT2D eigenvalue weighted by Crippen LogP contribution is 2.17. The average molecular weight is 305 g/mol. The molecule has 23 heavy (non-hydrogen) atoms. The zero-order valence-corrected chi connectivity index (χ0v) is 12.6. The molecule has 114 valence electrons. The van der Waals surface area contributed by atoms with Gasteiger partial charge in [-0.3, -0.25) is 0 Å². The van der Waals surface area contributed by atoms with Crippen LogP contribution < -0.4 is 4.74 Å². The SMILES string of the molecule is COc1ccc(C=CC2=NC(=Cc3ccccc3)C(=O)O2)cc1. The van der Waals surface area contributed by atoms with Gasteiger partial charge in [0.1, 0.15) is 5.75 Å². The summed E-state index contributed by atoms with van der Waals surface area (Å²) in [6.45, 7) is 0. The fraction of sp³-hybridized carbons (Fsp3) is 0.0526. The van der Waals surface area contributed by atoms with Gasteiger partial charge in [0.25, 0.3) is 0 Å². The molecule has 0 N–H and O–H groups in total. The van der Waals surface area contributed by atoms with Crippen molar-refractivity contribution >= 4 is 24.0 Å². The van der Waals surface area contributed by atoms with E-state index in [2.05, 4.69) is 4.99 Å². The number of cyclic esters (lactones) is 1. The number of methoxy groups -OCH3 is 1. The molecule has 4 nitrogen and oxygen atoms in total. The van der Waals surface area contributed by atoms with Crippen LogP contribution in [-0.4, -0.2) is 19.0 Å². The van der Waals surface area contributed by atoms with E-state index in [0.29, 0.717) is 5.70 Å². The quantitative estimate of drug-likeness (QED) is 0.639. The summed E-state index contributed by atoms with van der Waals surface area (Å²) >= 11 is 0. The molecule has 0 amide bonds. The van der Waals surface area contributed by atoms with Gasteiger partial charge >= 0.3 is 5.97 Å². The summed E-state index contributed by atoms with van der Waals surface area (Å²) in [7, 11) is 1.62. The van der Waals surface area contributed by atoms with Gasteiger partial charge in [-0.2, -0.15) is 0 Å². The monoisotopic (exact) mass is 305 g/mol. The van der Waals surface area contributed by atoms with Crippen molar-refractivity contribution in [3.05, 3.63) is 77.5 Å². The van der Waals surface area contributed by atoms with Gasteiger partial charge < -0.3 is 9.47 Å². The van der Waals surface area contributed by atoms with Gasteiger partial charge in [0.15, 0.2) is 5.70 Å². The van der Waals surface area contributed by atoms with Crippen LogP contribution >= 0.6 is 0 Å². The Morgan fingerprint density at radius 2 is 1.70 bits per heavy atom. The molecule has 0 unspecified atom stereocenters. The van der Waals surface area contributed by atoms with Crippen molar-refractivity contribution in [2.75, 3.05) is 7.11 Å². The molecule has 0 spiro atoms. The van der Waals surface area contributed by atoms with Gasteiger partial charge in [-0.1, -0.05) is 42.5 Å². The van der Waals surface area contributed by atoms with Crippen LogP contribution in [0.25, 0.3) is 12.2 Å². The van der Waals surface area contributed by atoms with E-state index < -0.39 is 5.97 Å². The molecule has 2 aromatic carbocycles. The van der Waals surface area contributed by atoms with E-state index in [1.165, 1.54) is 0 Å². The van der Waals surface area contributed by atoms with Crippen LogP contribution in [0.15, 0.2) is 71.4 Å². The molecule has 0 aromatic heterocycles. The van der Waals surface area contributed by atoms with Crippen LogP contribution in [0.3, 0.4) is 0 Å². The zero-order chi connectivity index (χ0) is 16.1. The van der Waals surface area contributed by atoms with Crippen molar-refractivity contribution in [2.24, 2.45) is 4.99 Å². The summed E-state index contributed by atoms with van der Waals surface area (Å²) in [6, 6.07) is 17.1. The van der Waals surface area contributed by atoms with Crippen LogP contribution in [-0.2, 0) is 9.53 Å². The number of esters is 1. The number of aliphatic imine (C=N–C) groups is 1. The fourth-order valence-corrected chi connectivity index (χ4v) is 2.09. The standard InChI is InChI=1S/C19H15NO3/c1-22-16-10-7-14(8-11-16)9-12-18-20-17(19(21)23-18)13-15-5-3-2-4-6-15/h2-13H,1H3. The largest absolute Gasteiger partial charge is 0.497 e. The number of carbonyl (C=O) groups excluding carboxylic acids is 1. The van der Waals surface area contributed by atoms with Gasteiger partial charge in [-0.15, -0.1) is 0 Å². The van der Waals surface area contributed by atoms with Gasteiger partial charge in [-0.05, 0) is 35.4 Å². The Labute approximate surface area is 134 Å². The topological polar surface area (TPSA) is 47.9 Å². The Morgan fingerprint density at radius 1 is 0.957 bits per heavy atom. The zero-order valence-electron chi connectivity index (χ0n) is 12.6. The first kappa shape index (κ1) is 14.8. The van der Waals surface area contributed by atoms with Crippen LogP contribution in [0.4, 0.5) is 0 Å². The number of hydrogen-bond acceptors (Lipinski definition) is 4. The second kappa shape index (κ2) is 6.75. The van der Waals surface area contributed by atoms with Gasteiger partial charge in [-0.25, -0.2) is 9.79 Å². The Morgan fingerprint density at radius 3 is 2.39 bits per heavy atom. The minimum Gasteiger partial charge on any atom is -0.497 e. The lowest BCUT2D eigenvalue weighted by Crippen LogP contribution is -2.01. The number of carbonyl (C=O) groups is 1. The lowest BCUT2D eigenvalue weighted by Gasteiger charge is -1.98. The lowest BCUT2D eigenvalue weighted by atomic mass is 10.2. The molecule has 4 heteroatoms. The van der Waals surface area contributed by atoms with E-state index in [0.717, 1.165) is 16.9 Å². The highest BCUT2D eigenvalue weighted by molar-refractivity contribution is 6.11. The van der Waals surface area contributed by atoms with Gasteiger partial charge in [0.2, 0.25) is 5.90 Å². The number of benzene rings is 2. The number of rotatable bonds is 4. The number of nitrogens with zero attached hydrogens (tertiary/aromatic N) is 1. The first-order valence-electron chi connectivity index (χ1n) is 7.14. The third kappa shape index (κ3) is 3.74. The van der Waals surface area contributed by atoms with E-state index >= 15 is 0 Å². The van der Waals surface area contributed by atoms with Crippen molar-refractivity contribution in [1.82, 2.24) is 0 Å². The van der Waals surface area contributed by atoms with E-state index in [1.807, 2.05) is 60.7 Å². The Hall–Kier alpha value is -3.14. The van der Waals surface area contributed by atoms with Crippen LogP contribution in [0.2, 0.25) is 0 Å². The number of ether oxygens (including phenoxy) is 2. The molecule has 0 aliphatic carbocycles. The second-order valence-electron chi connectivity index (χ2n) is 4.89. The summed E-state index contributed by atoms with van der Waals surface area (Å²) in [4.78, 5) is 16.0. The minimum atomic E-state index is -0.441. The van der Waals surface area contributed by atoms with Crippen molar-refractivity contribution in [3.8, 4) is 5.75 Å². The molecule has 0 atom stereocenters. The maximum absolute atomic E-state index is 11.8. The first-order chi connectivity index (χ1) is 11.2. The molecule has 2 aromatic rings. The smallest absolute Gasteiger partial charge is 0.363 e. The Bertz CT molecular complexity index is 787. The third-order valence-corrected chi connectivity index (χ3v) is 3.27. The van der Waals surface area contributed by atoms with Crippen LogP contribution in [0, 0.1) is 0 Å². The van der Waals surface area contributed by atoms with Crippen LogP contribution in [0.5, 0.6) is 5.75 Å². The minimum absolute atomic E-state index is 0.285. The van der Waals surface area contributed by atoms with Crippen molar-refractivity contribution in [1.29, 1.82) is 0 Å². The average Bonchev–Trinajstić information content (AvgIpc) is 2.94. The molecule has 0 bridgehead atoms. The molecule has 0 saturated heterocycles. The van der Waals surface area contributed by atoms with E-state index in [9.17, 15) is 4.79 Å². The molecule has 1 aliphatic rings. The highest BCUT2D eigenvalue weighted by atomic mass is 16.6. The van der Waals surface area contributed by atoms with Crippen LogP contribution in [0.1, 0.15) is 11.1 Å². The van der Waals surface area contributed by atoms with Gasteiger partial charge in [0.05, 0.1) is 7.11 Å². The van der Waals surface area contributed by atoms with E-state index in [1.54, 1.807) is 19.3 Å². The molecular weight excluding hydrogens is 290 g/mol. The predicted molar refractivity (Wildman–Crippen MR) is 90.0 cm³/mol. The van der Waals surface area contributed by atoms with E-state index in [4.69, 9.17) is 9.47 Å². The number of hydrogen-bond donors (Lipinski definition) is 0. The summed E-state index contributed by atoms with van der Waals surface area (Å²) in [6.07, 6.45) is 5.21. The van der Waals surface area contributed by atoms with Crippen molar-refractivity contribution in [3.63, 3.8) is 0 Å². The highest BCUT2D eigenvalue weighted by Gasteiger charge is 2.20.